The van der Waals surface area contributed by atoms with Gasteiger partial charge in [0, 0.05) is 26.1 Å². The van der Waals surface area contributed by atoms with Gasteiger partial charge in [-0.3, -0.25) is 0 Å². The van der Waals surface area contributed by atoms with E-state index in [2.05, 4.69) is 0 Å². The lowest BCUT2D eigenvalue weighted by Crippen LogP contribution is -2.34. The molecule has 2 rings (SSSR count). The third kappa shape index (κ3) is 3.77. The molecule has 1 unspecified atom stereocenters. The summed E-state index contributed by atoms with van der Waals surface area (Å²) < 4.78 is 32.1. The number of hydrogen-bond acceptors (Lipinski definition) is 3. The van der Waals surface area contributed by atoms with Gasteiger partial charge in [0.2, 0.25) is 10.0 Å². The highest BCUT2D eigenvalue weighted by atomic mass is 35.5. The Labute approximate surface area is 132 Å². The highest BCUT2D eigenvalue weighted by molar-refractivity contribution is 7.89. The quantitative estimate of drug-likeness (QED) is 0.753. The minimum Gasteiger partial charge on any atom is -0.377 e. The number of nitrogens with zero attached hydrogens (tertiary/aromatic N) is 1. The van der Waals surface area contributed by atoms with Crippen molar-refractivity contribution in [2.45, 2.75) is 43.1 Å². The van der Waals surface area contributed by atoms with Crippen LogP contribution < -0.4 is 0 Å². The summed E-state index contributed by atoms with van der Waals surface area (Å²) in [4.78, 5) is 0.302. The highest BCUT2D eigenvalue weighted by Gasteiger charge is 2.26. The van der Waals surface area contributed by atoms with Crippen LogP contribution in [-0.4, -0.2) is 39.0 Å². The molecule has 0 saturated carbocycles. The SMILES string of the molecule is CCc1ccc(S(=O)(=O)N(C)CC2CCCO2)cc1CCl. The third-order valence-corrected chi connectivity index (χ3v) is 6.00. The first-order valence-corrected chi connectivity index (χ1v) is 9.22. The summed E-state index contributed by atoms with van der Waals surface area (Å²) in [5.74, 6) is 0.321. The van der Waals surface area contributed by atoms with E-state index in [-0.39, 0.29) is 6.10 Å². The number of rotatable bonds is 6. The van der Waals surface area contributed by atoms with E-state index in [0.717, 1.165) is 37.0 Å². The van der Waals surface area contributed by atoms with Crippen LogP contribution in [0.1, 0.15) is 30.9 Å². The molecule has 0 radical (unpaired) electrons. The van der Waals surface area contributed by atoms with Gasteiger partial charge in [0.25, 0.3) is 0 Å². The summed E-state index contributed by atoms with van der Waals surface area (Å²) in [7, 11) is -1.89. The molecule has 118 valence electrons. The smallest absolute Gasteiger partial charge is 0.242 e. The molecule has 1 aliphatic heterocycles. The Morgan fingerprint density at radius 1 is 1.38 bits per heavy atom. The van der Waals surface area contributed by atoms with Crippen molar-refractivity contribution >= 4 is 21.6 Å². The zero-order valence-corrected chi connectivity index (χ0v) is 14.1. The average molecular weight is 332 g/mol. The molecular formula is C15H22ClNO3S. The molecule has 1 heterocycles. The van der Waals surface area contributed by atoms with Gasteiger partial charge in [-0.15, -0.1) is 11.6 Å². The Balaban J connectivity index is 2.21. The summed E-state index contributed by atoms with van der Waals surface area (Å²) in [6.45, 7) is 3.15. The van der Waals surface area contributed by atoms with Gasteiger partial charge in [0.05, 0.1) is 11.0 Å². The molecule has 0 aromatic heterocycles. The Bertz CT molecular complexity index is 583. The van der Waals surface area contributed by atoms with Crippen LogP contribution in [-0.2, 0) is 27.1 Å². The van der Waals surface area contributed by atoms with Crippen molar-refractivity contribution in [1.82, 2.24) is 4.31 Å². The molecule has 21 heavy (non-hydrogen) atoms. The maximum atomic E-state index is 12.6. The molecule has 0 bridgehead atoms. The van der Waals surface area contributed by atoms with Crippen LogP contribution in [0.3, 0.4) is 0 Å². The Morgan fingerprint density at radius 2 is 2.14 bits per heavy atom. The lowest BCUT2D eigenvalue weighted by Gasteiger charge is -2.21. The van der Waals surface area contributed by atoms with Crippen LogP contribution in [0.2, 0.25) is 0 Å². The first kappa shape index (κ1) is 16.7. The van der Waals surface area contributed by atoms with Crippen molar-refractivity contribution in [3.8, 4) is 0 Å². The lowest BCUT2D eigenvalue weighted by molar-refractivity contribution is 0.0979. The molecule has 4 nitrogen and oxygen atoms in total. The summed E-state index contributed by atoms with van der Waals surface area (Å²) in [5, 5.41) is 0. The summed E-state index contributed by atoms with van der Waals surface area (Å²) in [6, 6.07) is 5.20. The van der Waals surface area contributed by atoms with Crippen LogP contribution in [0.4, 0.5) is 0 Å². The van der Waals surface area contributed by atoms with E-state index in [1.807, 2.05) is 13.0 Å². The normalized spacial score (nSPS) is 19.3. The number of sulfonamides is 1. The van der Waals surface area contributed by atoms with Gasteiger partial charge < -0.3 is 4.74 Å². The summed E-state index contributed by atoms with van der Waals surface area (Å²) in [5.41, 5.74) is 1.97. The van der Waals surface area contributed by atoms with Crippen molar-refractivity contribution in [3.05, 3.63) is 29.3 Å². The van der Waals surface area contributed by atoms with Gasteiger partial charge in [-0.2, -0.15) is 4.31 Å². The van der Waals surface area contributed by atoms with Gasteiger partial charge in [-0.1, -0.05) is 13.0 Å². The Morgan fingerprint density at radius 3 is 2.71 bits per heavy atom. The fourth-order valence-electron chi connectivity index (χ4n) is 2.59. The average Bonchev–Trinajstić information content (AvgIpc) is 2.99. The van der Waals surface area contributed by atoms with Gasteiger partial charge in [-0.25, -0.2) is 8.42 Å². The van der Waals surface area contributed by atoms with Gasteiger partial charge in [0.15, 0.2) is 0 Å². The zero-order valence-electron chi connectivity index (χ0n) is 12.5. The van der Waals surface area contributed by atoms with Crippen LogP contribution in [0.25, 0.3) is 0 Å². The van der Waals surface area contributed by atoms with E-state index in [4.69, 9.17) is 16.3 Å². The number of hydrogen-bond donors (Lipinski definition) is 0. The van der Waals surface area contributed by atoms with Gasteiger partial charge in [-0.05, 0) is 42.5 Å². The van der Waals surface area contributed by atoms with E-state index < -0.39 is 10.0 Å². The monoisotopic (exact) mass is 331 g/mol. The molecular weight excluding hydrogens is 310 g/mol. The Hall–Kier alpha value is -0.620. The van der Waals surface area contributed by atoms with Crippen LogP contribution >= 0.6 is 11.6 Å². The van der Waals surface area contributed by atoms with Crippen molar-refractivity contribution < 1.29 is 13.2 Å². The number of alkyl halides is 1. The fourth-order valence-corrected chi connectivity index (χ4v) is 4.09. The van der Waals surface area contributed by atoms with E-state index in [9.17, 15) is 8.42 Å². The Kier molecular flexibility index (Phi) is 5.66. The first-order valence-electron chi connectivity index (χ1n) is 7.24. The summed E-state index contributed by atoms with van der Waals surface area (Å²) in [6.07, 6.45) is 2.77. The van der Waals surface area contributed by atoms with E-state index >= 15 is 0 Å². The largest absolute Gasteiger partial charge is 0.377 e. The second kappa shape index (κ2) is 7.09. The first-order chi connectivity index (χ1) is 9.98. The van der Waals surface area contributed by atoms with Crippen molar-refractivity contribution in [2.24, 2.45) is 0 Å². The number of likely N-dealkylation sites (N-methyl/N-ethyl adjacent to an activating group) is 1. The molecule has 0 spiro atoms. The maximum absolute atomic E-state index is 12.6. The standard InChI is InChI=1S/C15H22ClNO3S/c1-3-12-6-7-15(9-13(12)10-16)21(18,19)17(2)11-14-5-4-8-20-14/h6-7,9,14H,3-5,8,10-11H2,1-2H3. The topological polar surface area (TPSA) is 46.6 Å². The van der Waals surface area contributed by atoms with Crippen molar-refractivity contribution in [2.75, 3.05) is 20.2 Å². The molecule has 1 saturated heterocycles. The molecule has 1 aromatic rings. The molecule has 1 atom stereocenters. The van der Waals surface area contributed by atoms with E-state index in [1.54, 1.807) is 19.2 Å². The van der Waals surface area contributed by atoms with E-state index in [1.165, 1.54) is 4.31 Å². The summed E-state index contributed by atoms with van der Waals surface area (Å²) >= 11 is 5.92. The zero-order chi connectivity index (χ0) is 15.5. The van der Waals surface area contributed by atoms with Crippen molar-refractivity contribution in [3.63, 3.8) is 0 Å². The molecule has 0 aliphatic carbocycles. The lowest BCUT2D eigenvalue weighted by atomic mass is 10.1. The molecule has 1 fully saturated rings. The minimum absolute atomic E-state index is 0.00666. The maximum Gasteiger partial charge on any atom is 0.242 e. The number of aryl methyl sites for hydroxylation is 1. The number of halogens is 1. The van der Waals surface area contributed by atoms with Crippen LogP contribution in [0.15, 0.2) is 23.1 Å². The van der Waals surface area contributed by atoms with Gasteiger partial charge in [0.1, 0.15) is 0 Å². The predicted molar refractivity (Wildman–Crippen MR) is 84.2 cm³/mol. The molecule has 1 aliphatic rings. The molecule has 0 N–H and O–H groups in total. The second-order valence-electron chi connectivity index (χ2n) is 5.34. The molecule has 0 amide bonds. The fraction of sp³-hybridized carbons (Fsp3) is 0.600. The minimum atomic E-state index is -3.49. The second-order valence-corrected chi connectivity index (χ2v) is 7.65. The predicted octanol–water partition coefficient (Wildman–Crippen LogP) is 2.79. The van der Waals surface area contributed by atoms with Crippen LogP contribution in [0.5, 0.6) is 0 Å². The van der Waals surface area contributed by atoms with E-state index in [0.29, 0.717) is 17.3 Å². The highest BCUT2D eigenvalue weighted by Crippen LogP contribution is 2.22. The van der Waals surface area contributed by atoms with Crippen molar-refractivity contribution in [1.29, 1.82) is 0 Å². The molecule has 1 aromatic carbocycles. The van der Waals surface area contributed by atoms with Gasteiger partial charge >= 0.3 is 0 Å². The number of benzene rings is 1. The molecule has 6 heteroatoms. The number of ether oxygens (including phenoxy) is 1. The third-order valence-electron chi connectivity index (χ3n) is 3.90. The van der Waals surface area contributed by atoms with Crippen LogP contribution in [0, 0.1) is 0 Å².